The standard InChI is InChI=1S/C26H33F3O6S/c1-7-25(8-2,20-10-12-23(18(4)14-20)35-36(30,31)26(27,28)29)19-9-11-22(17(3)13-19)32-15-21-16-33-24(5,6)34-21/h9-14,21H,7-8,15-16H2,1-6H3/t21-/m1/s1. The quantitative estimate of drug-likeness (QED) is 0.285. The number of halogens is 3. The minimum atomic E-state index is -5.74. The molecule has 200 valence electrons. The van der Waals surface area contributed by atoms with Crippen molar-refractivity contribution in [2.24, 2.45) is 0 Å². The van der Waals surface area contributed by atoms with Gasteiger partial charge < -0.3 is 18.4 Å². The van der Waals surface area contributed by atoms with E-state index in [9.17, 15) is 21.6 Å². The summed E-state index contributed by atoms with van der Waals surface area (Å²) in [5, 5.41) is 0. The van der Waals surface area contributed by atoms with Gasteiger partial charge in [0.25, 0.3) is 0 Å². The monoisotopic (exact) mass is 530 g/mol. The van der Waals surface area contributed by atoms with E-state index in [0.717, 1.165) is 22.4 Å². The van der Waals surface area contributed by atoms with Crippen LogP contribution in [0.25, 0.3) is 0 Å². The van der Waals surface area contributed by atoms with Crippen LogP contribution >= 0.6 is 0 Å². The number of hydrogen-bond donors (Lipinski definition) is 0. The molecule has 6 nitrogen and oxygen atoms in total. The molecule has 3 rings (SSSR count). The minimum Gasteiger partial charge on any atom is -0.491 e. The smallest absolute Gasteiger partial charge is 0.491 e. The number of aryl methyl sites for hydroxylation is 2. The largest absolute Gasteiger partial charge is 0.534 e. The molecule has 0 amide bonds. The lowest BCUT2D eigenvalue weighted by molar-refractivity contribution is -0.141. The Labute approximate surface area is 210 Å². The molecule has 1 saturated heterocycles. The molecule has 0 bridgehead atoms. The fourth-order valence-corrected chi connectivity index (χ4v) is 5.09. The second-order valence-electron chi connectivity index (χ2n) is 9.49. The van der Waals surface area contributed by atoms with Gasteiger partial charge in [0, 0.05) is 5.41 Å². The first kappa shape index (κ1) is 28.3. The predicted molar refractivity (Wildman–Crippen MR) is 130 cm³/mol. The normalized spacial score (nSPS) is 18.3. The fraction of sp³-hybridized carbons (Fsp3) is 0.538. The van der Waals surface area contributed by atoms with Gasteiger partial charge in [-0.25, -0.2) is 0 Å². The highest BCUT2D eigenvalue weighted by Crippen LogP contribution is 2.42. The molecule has 10 heteroatoms. The van der Waals surface area contributed by atoms with E-state index < -0.39 is 26.8 Å². The van der Waals surface area contributed by atoms with Crippen LogP contribution in [0.2, 0.25) is 0 Å². The van der Waals surface area contributed by atoms with Crippen molar-refractivity contribution >= 4 is 10.1 Å². The maximum absolute atomic E-state index is 12.8. The highest BCUT2D eigenvalue weighted by atomic mass is 32.2. The van der Waals surface area contributed by atoms with Crippen LogP contribution in [0.1, 0.15) is 62.8 Å². The summed E-state index contributed by atoms with van der Waals surface area (Å²) in [6.45, 7) is 12.1. The second-order valence-corrected chi connectivity index (χ2v) is 11.0. The summed E-state index contributed by atoms with van der Waals surface area (Å²) >= 11 is 0. The van der Waals surface area contributed by atoms with E-state index >= 15 is 0 Å². The predicted octanol–water partition coefficient (Wildman–Crippen LogP) is 6.17. The van der Waals surface area contributed by atoms with Crippen molar-refractivity contribution in [1.82, 2.24) is 0 Å². The first-order valence-corrected chi connectivity index (χ1v) is 13.2. The SMILES string of the molecule is CCC(CC)(c1ccc(OC[C@@H]2COC(C)(C)O2)c(C)c1)c1ccc(OS(=O)(=O)C(F)(F)F)c(C)c1. The summed E-state index contributed by atoms with van der Waals surface area (Å²) in [4.78, 5) is 0. The zero-order chi connectivity index (χ0) is 26.9. The van der Waals surface area contributed by atoms with Gasteiger partial charge in [0.15, 0.2) is 5.79 Å². The number of alkyl halides is 3. The Kier molecular flexibility index (Phi) is 8.03. The maximum Gasteiger partial charge on any atom is 0.534 e. The number of hydrogen-bond acceptors (Lipinski definition) is 6. The Morgan fingerprint density at radius 3 is 1.92 bits per heavy atom. The van der Waals surface area contributed by atoms with Crippen LogP contribution in [-0.2, 0) is 25.0 Å². The first-order chi connectivity index (χ1) is 16.6. The topological polar surface area (TPSA) is 71.1 Å². The van der Waals surface area contributed by atoms with Crippen molar-refractivity contribution in [3.8, 4) is 11.5 Å². The molecule has 2 aromatic carbocycles. The Balaban J connectivity index is 1.86. The molecule has 2 aromatic rings. The van der Waals surface area contributed by atoms with Gasteiger partial charge in [0.2, 0.25) is 0 Å². The van der Waals surface area contributed by atoms with E-state index in [1.807, 2.05) is 52.8 Å². The Bertz CT molecular complexity index is 1190. The lowest BCUT2D eigenvalue weighted by Gasteiger charge is -2.34. The lowest BCUT2D eigenvalue weighted by Crippen LogP contribution is -2.29. The third kappa shape index (κ3) is 5.81. The molecule has 1 fully saturated rings. The molecular weight excluding hydrogens is 497 g/mol. The average molecular weight is 531 g/mol. The van der Waals surface area contributed by atoms with Crippen LogP contribution < -0.4 is 8.92 Å². The van der Waals surface area contributed by atoms with Gasteiger partial charge in [-0.2, -0.15) is 21.6 Å². The molecule has 0 N–H and O–H groups in total. The molecule has 0 spiro atoms. The van der Waals surface area contributed by atoms with Crippen molar-refractivity contribution < 1.29 is 40.0 Å². The lowest BCUT2D eigenvalue weighted by atomic mass is 9.70. The van der Waals surface area contributed by atoms with Gasteiger partial charge in [0.05, 0.1) is 6.61 Å². The van der Waals surface area contributed by atoms with Crippen LogP contribution in [0.15, 0.2) is 36.4 Å². The summed E-state index contributed by atoms with van der Waals surface area (Å²) in [5.41, 5.74) is -2.83. The molecule has 36 heavy (non-hydrogen) atoms. The average Bonchev–Trinajstić information content (AvgIpc) is 3.14. The first-order valence-electron chi connectivity index (χ1n) is 11.8. The summed E-state index contributed by atoms with van der Waals surface area (Å²) < 4.78 is 82.9. The number of ether oxygens (including phenoxy) is 3. The van der Waals surface area contributed by atoms with E-state index in [-0.39, 0.29) is 11.9 Å². The fourth-order valence-electron chi connectivity index (χ4n) is 4.58. The van der Waals surface area contributed by atoms with Gasteiger partial charge >= 0.3 is 15.6 Å². The van der Waals surface area contributed by atoms with Crippen molar-refractivity contribution in [3.63, 3.8) is 0 Å². The van der Waals surface area contributed by atoms with Gasteiger partial charge in [0.1, 0.15) is 24.2 Å². The Hall–Kier alpha value is -2.30. The Morgan fingerprint density at radius 1 is 0.972 bits per heavy atom. The molecular formula is C26H33F3O6S. The molecule has 0 aliphatic carbocycles. The van der Waals surface area contributed by atoms with Gasteiger partial charge in [-0.05, 0) is 74.9 Å². The Morgan fingerprint density at radius 2 is 1.50 bits per heavy atom. The number of benzene rings is 2. The van der Waals surface area contributed by atoms with E-state index in [2.05, 4.69) is 4.18 Å². The van der Waals surface area contributed by atoms with Gasteiger partial charge in [-0.15, -0.1) is 0 Å². The second kappa shape index (κ2) is 10.2. The minimum absolute atomic E-state index is 0.158. The van der Waals surface area contributed by atoms with Crippen LogP contribution in [0.4, 0.5) is 13.2 Å². The third-order valence-electron chi connectivity index (χ3n) is 6.64. The van der Waals surface area contributed by atoms with E-state index in [1.54, 1.807) is 12.1 Å². The highest BCUT2D eigenvalue weighted by Gasteiger charge is 2.48. The van der Waals surface area contributed by atoms with Gasteiger partial charge in [-0.1, -0.05) is 38.1 Å². The molecule has 1 aliphatic rings. The summed E-state index contributed by atoms with van der Waals surface area (Å²) in [5.74, 6) is -0.242. The van der Waals surface area contributed by atoms with E-state index in [1.165, 1.54) is 13.0 Å². The van der Waals surface area contributed by atoms with E-state index in [0.29, 0.717) is 31.6 Å². The van der Waals surface area contributed by atoms with Crippen molar-refractivity contribution in [1.29, 1.82) is 0 Å². The van der Waals surface area contributed by atoms with E-state index in [4.69, 9.17) is 14.2 Å². The summed E-state index contributed by atoms with van der Waals surface area (Å²) in [6, 6.07) is 10.5. The van der Waals surface area contributed by atoms with Crippen LogP contribution in [0.3, 0.4) is 0 Å². The maximum atomic E-state index is 12.8. The van der Waals surface area contributed by atoms with Crippen molar-refractivity contribution in [2.45, 2.75) is 77.2 Å². The molecule has 1 heterocycles. The highest BCUT2D eigenvalue weighted by molar-refractivity contribution is 7.88. The van der Waals surface area contributed by atoms with Crippen molar-refractivity contribution in [2.75, 3.05) is 13.2 Å². The van der Waals surface area contributed by atoms with Gasteiger partial charge in [-0.3, -0.25) is 0 Å². The molecule has 0 radical (unpaired) electrons. The summed E-state index contributed by atoms with van der Waals surface area (Å²) in [6.07, 6.45) is 1.27. The molecule has 0 saturated carbocycles. The van der Waals surface area contributed by atoms with Crippen molar-refractivity contribution in [3.05, 3.63) is 58.7 Å². The molecule has 0 unspecified atom stereocenters. The van der Waals surface area contributed by atoms with Crippen LogP contribution in [-0.4, -0.2) is 39.0 Å². The molecule has 1 atom stereocenters. The van der Waals surface area contributed by atoms with Crippen LogP contribution in [0.5, 0.6) is 11.5 Å². The summed E-state index contributed by atoms with van der Waals surface area (Å²) in [7, 11) is -5.74. The zero-order valence-corrected chi connectivity index (χ0v) is 22.2. The van der Waals surface area contributed by atoms with Crippen LogP contribution in [0, 0.1) is 13.8 Å². The molecule has 0 aromatic heterocycles. The zero-order valence-electron chi connectivity index (χ0n) is 21.4. The third-order valence-corrected chi connectivity index (χ3v) is 7.60. The number of rotatable bonds is 9. The molecule has 1 aliphatic heterocycles.